The van der Waals surface area contributed by atoms with Crippen LogP contribution < -0.4 is 0 Å². The average molecular weight is 1260 g/mol. The highest BCUT2D eigenvalue weighted by Crippen LogP contribution is 2.50. The zero-order valence-corrected chi connectivity index (χ0v) is 52.1. The molecule has 2 heteroatoms. The smallest absolute Gasteiger partial charge is 0.136 e. The van der Waals surface area contributed by atoms with E-state index in [2.05, 4.69) is 72.8 Å². The van der Waals surface area contributed by atoms with Crippen molar-refractivity contribution in [2.45, 2.75) is 0 Å². The molecule has 0 unspecified atom stereocenters. The van der Waals surface area contributed by atoms with Crippen LogP contribution in [-0.4, -0.2) is 0 Å². The molecule has 0 saturated carbocycles. The Morgan fingerprint density at radius 3 is 0.888 bits per heavy atom. The molecule has 0 bridgehead atoms. The first-order chi connectivity index (χ1) is 55.3. The number of hydrogen-bond donors (Lipinski definition) is 0. The van der Waals surface area contributed by atoms with Crippen LogP contribution in [-0.2, 0) is 0 Å². The molecule has 2 nitrogen and oxygen atoms in total. The summed E-state index contributed by atoms with van der Waals surface area (Å²) in [7, 11) is 0. The monoisotopic (exact) mass is 1260 g/mol. The van der Waals surface area contributed by atoms with E-state index in [0.717, 1.165) is 120 Å². The van der Waals surface area contributed by atoms with Gasteiger partial charge in [0.25, 0.3) is 0 Å². The van der Waals surface area contributed by atoms with Crippen LogP contribution in [0.5, 0.6) is 0 Å². The Morgan fingerprint density at radius 1 is 0.184 bits per heavy atom. The molecule has 0 fully saturated rings. The number of fused-ring (bicyclic) bond motifs is 19. The van der Waals surface area contributed by atoms with Gasteiger partial charge in [0.2, 0.25) is 0 Å². The second-order valence-electron chi connectivity index (χ2n) is 24.8. The molecule has 0 aliphatic carbocycles. The average Bonchev–Trinajstić information content (AvgIpc) is 1.37. The fraction of sp³-hybridized carbons (Fsp3) is 0. The molecule has 0 N–H and O–H groups in total. The van der Waals surface area contributed by atoms with Crippen molar-refractivity contribution >= 4 is 141 Å². The summed E-state index contributed by atoms with van der Waals surface area (Å²) in [6.07, 6.45) is 0. The Labute approximate surface area is 587 Å². The summed E-state index contributed by atoms with van der Waals surface area (Å²) in [5.74, 6) is 0. The highest BCUT2D eigenvalue weighted by molar-refractivity contribution is 6.31. The molecule has 0 amide bonds. The van der Waals surface area contributed by atoms with E-state index >= 15 is 0 Å². The zero-order chi connectivity index (χ0) is 78.3. The van der Waals surface area contributed by atoms with E-state index in [-0.39, 0.29) is 91.4 Å². The zero-order valence-electron chi connectivity index (χ0n) is 68.1. The minimum absolute atomic E-state index is 0.186. The predicted molar refractivity (Wildman–Crippen MR) is 418 cm³/mol. The van der Waals surface area contributed by atoms with Crippen molar-refractivity contribution in [3.05, 3.63) is 351 Å². The molecule has 0 aliphatic heterocycles. The quantitative estimate of drug-likeness (QED) is 0.155. The lowest BCUT2D eigenvalue weighted by Crippen LogP contribution is -1.91. The van der Waals surface area contributed by atoms with Crippen molar-refractivity contribution < 1.29 is 30.8 Å². The van der Waals surface area contributed by atoms with Gasteiger partial charge in [0, 0.05) is 21.5 Å². The molecule has 0 aliphatic rings. The van der Waals surface area contributed by atoms with Crippen LogP contribution >= 0.6 is 0 Å². The van der Waals surface area contributed by atoms with E-state index in [4.69, 9.17) is 22.5 Å². The van der Waals surface area contributed by atoms with Crippen molar-refractivity contribution in [1.29, 1.82) is 0 Å². The largest absolute Gasteiger partial charge is 0.456 e. The molecule has 19 aromatic carbocycles. The van der Waals surface area contributed by atoms with Gasteiger partial charge >= 0.3 is 0 Å². The number of benzene rings is 19. The second kappa shape index (κ2) is 22.4. The molecule has 0 saturated heterocycles. The van der Waals surface area contributed by atoms with Crippen LogP contribution in [0.1, 0.15) is 21.9 Å². The van der Waals surface area contributed by atoms with Gasteiger partial charge in [-0.05, 0) is 188 Å². The highest BCUT2D eigenvalue weighted by atomic mass is 16.3. The first-order valence-electron chi connectivity index (χ1n) is 40.5. The molecule has 98 heavy (non-hydrogen) atoms. The summed E-state index contributed by atoms with van der Waals surface area (Å²) in [6.45, 7) is 0. The van der Waals surface area contributed by atoms with Crippen LogP contribution in [0.2, 0.25) is 0 Å². The lowest BCUT2D eigenvalue weighted by molar-refractivity contribution is 0.669. The highest BCUT2D eigenvalue weighted by Gasteiger charge is 2.23. The molecule has 2 aromatic heterocycles. The molecule has 2 heterocycles. The third kappa shape index (κ3) is 8.68. The molecule has 0 radical (unpaired) electrons. The van der Waals surface area contributed by atoms with E-state index in [1.807, 2.05) is 158 Å². The molecule has 454 valence electrons. The lowest BCUT2D eigenvalue weighted by Gasteiger charge is -2.19. The van der Waals surface area contributed by atoms with Crippen molar-refractivity contribution in [3.8, 4) is 66.8 Å². The lowest BCUT2D eigenvalue weighted by atomic mass is 9.84. The number of hydrogen-bond acceptors (Lipinski definition) is 2. The molecular formula is C96H58O2. The maximum Gasteiger partial charge on any atom is 0.136 e. The van der Waals surface area contributed by atoms with Gasteiger partial charge in [-0.3, -0.25) is 0 Å². The Morgan fingerprint density at radius 2 is 0.480 bits per heavy atom. The van der Waals surface area contributed by atoms with E-state index < -0.39 is 48.3 Å². The molecule has 0 spiro atoms. The Hall–Kier alpha value is -12.9. The Bertz CT molecular complexity index is 7680. The van der Waals surface area contributed by atoms with Crippen LogP contribution in [0.15, 0.2) is 360 Å². The fourth-order valence-electron chi connectivity index (χ4n) is 15.3. The summed E-state index contributed by atoms with van der Waals surface area (Å²) in [4.78, 5) is 0. The van der Waals surface area contributed by atoms with E-state index in [1.165, 1.54) is 0 Å². The topological polar surface area (TPSA) is 26.3 Å². The summed E-state index contributed by atoms with van der Waals surface area (Å²) in [6, 6.07) is 77.3. The van der Waals surface area contributed by atoms with Crippen LogP contribution in [0, 0.1) is 0 Å². The van der Waals surface area contributed by atoms with Crippen molar-refractivity contribution in [3.63, 3.8) is 0 Å². The van der Waals surface area contributed by atoms with Gasteiger partial charge in [0.1, 0.15) is 22.3 Å². The Balaban J connectivity index is 0.000000148. The SMILES string of the molecule is [2H]c1c([2H])c([2H])c2c(-c3ccc(-c4cc5oc6ccc7ccccc7c6c5c5ccccc45)cc3)c3c([2H])c([2H])c([2H])c([2H])c3c(-c3ccccc3)c2c1[2H].[2H]c1c([2H])c([2H])c2c(-c3cccc4ccccc34)c3c([2H])c([2H])c([2H])c([2H])c3c(-c3ccc(-c4cc5oc6ccc7ccccc7c6c5c5ccccc45)cc3)c2c1[2H]. The maximum absolute atomic E-state index is 9.38. The van der Waals surface area contributed by atoms with Gasteiger partial charge in [-0.15, -0.1) is 0 Å². The summed E-state index contributed by atoms with van der Waals surface area (Å²) in [5.41, 5.74) is 10.3. The predicted octanol–water partition coefficient (Wildman–Crippen LogP) is 27.6. The van der Waals surface area contributed by atoms with Gasteiger partial charge in [-0.1, -0.05) is 327 Å². The normalized spacial score (nSPS) is 14.2. The van der Waals surface area contributed by atoms with Crippen molar-refractivity contribution in [1.82, 2.24) is 0 Å². The fourth-order valence-corrected chi connectivity index (χ4v) is 15.3. The van der Waals surface area contributed by atoms with E-state index in [0.29, 0.717) is 44.5 Å². The third-order valence-corrected chi connectivity index (χ3v) is 19.6. The maximum atomic E-state index is 9.38. The van der Waals surface area contributed by atoms with Gasteiger partial charge in [0.15, 0.2) is 0 Å². The van der Waals surface area contributed by atoms with Gasteiger partial charge in [-0.25, -0.2) is 0 Å². The van der Waals surface area contributed by atoms with Crippen LogP contribution in [0.3, 0.4) is 0 Å². The first-order valence-corrected chi connectivity index (χ1v) is 32.5. The summed E-state index contributed by atoms with van der Waals surface area (Å²) in [5, 5.41) is 16.1. The Kier molecular flexibility index (Phi) is 9.54. The van der Waals surface area contributed by atoms with Crippen LogP contribution in [0.4, 0.5) is 0 Å². The first kappa shape index (κ1) is 41.7. The third-order valence-electron chi connectivity index (χ3n) is 19.6. The van der Waals surface area contributed by atoms with Gasteiger partial charge in [0.05, 0.1) is 21.9 Å². The van der Waals surface area contributed by atoms with Gasteiger partial charge in [-0.2, -0.15) is 0 Å². The van der Waals surface area contributed by atoms with Gasteiger partial charge < -0.3 is 8.83 Å². The summed E-state index contributed by atoms with van der Waals surface area (Å²) < 4.78 is 157. The van der Waals surface area contributed by atoms with E-state index in [9.17, 15) is 8.22 Å². The standard InChI is InChI=1S/C50H30O.C46H28O/c1-3-15-35-31(12-1)14-11-23-38(35)48-42-21-9-7-19-40(42)47(41-20-8-10-22-43(41)48)34-26-24-33(25-27-34)44-30-46-50(39-18-6-5-17-37(39)44)49-36-16-4-2-13-32(36)28-29-45(49)51-46;1-2-13-31(14-3-1)43-36-18-8-10-20-38(36)44(39-21-11-9-19-37(39)43)32-24-22-30(23-25-32)40-28-42-46(35-17-7-6-16-34(35)40)45-33-15-5-4-12-29(33)26-27-41(45)47-42/h1-30H;1-28H/i7D,8D,9D,10D,19D,20D,21D,22D;8D,9D,10D,11D,18D,19D,20D,21D. The van der Waals surface area contributed by atoms with Crippen molar-refractivity contribution in [2.75, 3.05) is 0 Å². The second-order valence-corrected chi connectivity index (χ2v) is 24.8. The van der Waals surface area contributed by atoms with Crippen LogP contribution in [0.25, 0.3) is 208 Å². The number of furan rings is 2. The molecule has 21 aromatic rings. The van der Waals surface area contributed by atoms with E-state index in [1.54, 1.807) is 24.3 Å². The minimum atomic E-state index is -0.428. The molecule has 21 rings (SSSR count). The molecule has 0 atom stereocenters. The molecular weight excluding hydrogens is 1190 g/mol. The van der Waals surface area contributed by atoms with Crippen molar-refractivity contribution in [2.24, 2.45) is 0 Å². The summed E-state index contributed by atoms with van der Waals surface area (Å²) >= 11 is 0. The minimum Gasteiger partial charge on any atom is -0.456 e. The number of rotatable bonds is 6.